The van der Waals surface area contributed by atoms with Crippen LogP contribution in [-0.2, 0) is 4.79 Å². The first-order valence-corrected chi connectivity index (χ1v) is 12.0. The molecule has 3 atom stereocenters. The van der Waals surface area contributed by atoms with Gasteiger partial charge in [-0.25, -0.2) is 13.8 Å². The Labute approximate surface area is 199 Å². The molecule has 1 saturated heterocycles. The van der Waals surface area contributed by atoms with Crippen molar-refractivity contribution in [2.75, 3.05) is 31.1 Å². The fraction of sp³-hybridized carbons (Fsp3) is 0.538. The van der Waals surface area contributed by atoms with Gasteiger partial charge in [-0.15, -0.1) is 0 Å². The lowest BCUT2D eigenvalue weighted by atomic mass is 10.00. The molecule has 2 aliphatic rings. The number of carbonyl (C=O) groups is 1. The number of alkyl halides is 2. The van der Waals surface area contributed by atoms with Crippen molar-refractivity contribution in [3.8, 4) is 11.5 Å². The third-order valence-electron chi connectivity index (χ3n) is 6.36. The number of pyridine rings is 1. The fourth-order valence-corrected chi connectivity index (χ4v) is 3.96. The zero-order chi connectivity index (χ0) is 24.3. The zero-order valence-corrected chi connectivity index (χ0v) is 20.0. The number of benzene rings is 1. The number of amides is 1. The third-order valence-corrected chi connectivity index (χ3v) is 6.36. The molecule has 1 aromatic heterocycles. The van der Waals surface area contributed by atoms with E-state index in [2.05, 4.69) is 29.0 Å². The Balaban J connectivity index is 1.24. The van der Waals surface area contributed by atoms with Crippen molar-refractivity contribution < 1.29 is 23.0 Å². The van der Waals surface area contributed by atoms with E-state index in [0.29, 0.717) is 24.8 Å². The monoisotopic (exact) mass is 473 g/mol. The number of nitrogens with zero attached hydrogens (tertiary/aromatic N) is 2. The van der Waals surface area contributed by atoms with Crippen LogP contribution in [0.5, 0.6) is 11.5 Å². The molecule has 1 aromatic carbocycles. The topological polar surface area (TPSA) is 63.7 Å². The van der Waals surface area contributed by atoms with Gasteiger partial charge in [0.25, 0.3) is 5.92 Å². The number of anilines is 1. The predicted molar refractivity (Wildman–Crippen MR) is 127 cm³/mol. The van der Waals surface area contributed by atoms with Gasteiger partial charge in [-0.2, -0.15) is 0 Å². The van der Waals surface area contributed by atoms with Gasteiger partial charge in [-0.05, 0) is 42.7 Å². The highest BCUT2D eigenvalue weighted by Gasteiger charge is 2.57. The van der Waals surface area contributed by atoms with Crippen LogP contribution in [0.15, 0.2) is 42.6 Å². The van der Waals surface area contributed by atoms with Gasteiger partial charge in [0.15, 0.2) is 0 Å². The molecule has 184 valence electrons. The SMILES string of the molecule is CC(C)CNC(=O)C(C)c1ccc(O[C@@H]2CCN(c3ccc(OCC4CC4(F)F)cn3)C2)cc1. The highest BCUT2D eigenvalue weighted by molar-refractivity contribution is 5.83. The maximum atomic E-state index is 13.0. The van der Waals surface area contributed by atoms with Crippen LogP contribution in [0.3, 0.4) is 0 Å². The van der Waals surface area contributed by atoms with Crippen molar-refractivity contribution in [3.63, 3.8) is 0 Å². The minimum absolute atomic E-state index is 0.0217. The summed E-state index contributed by atoms with van der Waals surface area (Å²) in [6.45, 7) is 8.27. The first kappa shape index (κ1) is 24.2. The molecule has 2 aromatic rings. The van der Waals surface area contributed by atoms with Crippen LogP contribution >= 0.6 is 0 Å². The standard InChI is InChI=1S/C26H33F2N3O3/c1-17(2)13-30-25(32)18(3)19-4-6-21(7-5-19)34-23-10-11-31(15-23)24-9-8-22(14-29-24)33-16-20-12-26(20,27)28/h4-9,14,17-18,20,23H,10-13,15-16H2,1-3H3,(H,30,32)/t18?,20?,23-/m1/s1. The summed E-state index contributed by atoms with van der Waals surface area (Å²) in [5.41, 5.74) is 0.957. The number of halogens is 2. The molecule has 1 aliphatic carbocycles. The third kappa shape index (κ3) is 6.15. The van der Waals surface area contributed by atoms with Gasteiger partial charge in [0.2, 0.25) is 5.91 Å². The lowest BCUT2D eigenvalue weighted by Crippen LogP contribution is -2.31. The first-order chi connectivity index (χ1) is 16.2. The van der Waals surface area contributed by atoms with E-state index in [0.717, 1.165) is 30.1 Å². The molecule has 0 radical (unpaired) electrons. The Morgan fingerprint density at radius 3 is 2.50 bits per heavy atom. The normalized spacial score (nSPS) is 21.9. The molecule has 1 amide bonds. The van der Waals surface area contributed by atoms with Crippen LogP contribution in [0, 0.1) is 11.8 Å². The molecule has 2 fully saturated rings. The number of hydrogen-bond acceptors (Lipinski definition) is 5. The van der Waals surface area contributed by atoms with Crippen molar-refractivity contribution >= 4 is 11.7 Å². The van der Waals surface area contributed by atoms with Crippen molar-refractivity contribution in [2.24, 2.45) is 11.8 Å². The molecule has 1 aliphatic heterocycles. The maximum absolute atomic E-state index is 13.0. The maximum Gasteiger partial charge on any atom is 0.255 e. The number of nitrogens with one attached hydrogen (secondary N) is 1. The Kier molecular flexibility index (Phi) is 7.24. The van der Waals surface area contributed by atoms with E-state index in [9.17, 15) is 13.6 Å². The second-order valence-electron chi connectivity index (χ2n) is 9.73. The van der Waals surface area contributed by atoms with E-state index < -0.39 is 11.8 Å². The van der Waals surface area contributed by atoms with E-state index in [1.807, 2.05) is 37.3 Å². The summed E-state index contributed by atoms with van der Waals surface area (Å²) in [5, 5.41) is 2.98. The summed E-state index contributed by atoms with van der Waals surface area (Å²) in [7, 11) is 0. The van der Waals surface area contributed by atoms with E-state index in [1.165, 1.54) is 0 Å². The second kappa shape index (κ2) is 10.2. The first-order valence-electron chi connectivity index (χ1n) is 12.0. The Hall–Kier alpha value is -2.90. The van der Waals surface area contributed by atoms with Gasteiger partial charge in [0.1, 0.15) is 23.4 Å². The van der Waals surface area contributed by atoms with Crippen molar-refractivity contribution in [1.29, 1.82) is 0 Å². The zero-order valence-electron chi connectivity index (χ0n) is 20.0. The summed E-state index contributed by atoms with van der Waals surface area (Å²) in [5.74, 6) is -0.919. The summed E-state index contributed by atoms with van der Waals surface area (Å²) in [6, 6.07) is 11.3. The van der Waals surface area contributed by atoms with Gasteiger partial charge in [0.05, 0.1) is 31.2 Å². The number of aromatic nitrogens is 1. The van der Waals surface area contributed by atoms with Crippen LogP contribution in [0.4, 0.5) is 14.6 Å². The van der Waals surface area contributed by atoms with Gasteiger partial charge in [-0.3, -0.25) is 4.79 Å². The Morgan fingerprint density at radius 1 is 1.18 bits per heavy atom. The molecule has 8 heteroatoms. The smallest absolute Gasteiger partial charge is 0.255 e. The van der Waals surface area contributed by atoms with Crippen LogP contribution < -0.4 is 19.7 Å². The van der Waals surface area contributed by atoms with Crippen molar-refractivity contribution in [2.45, 2.75) is 51.6 Å². The predicted octanol–water partition coefficient (Wildman–Crippen LogP) is 4.65. The average Bonchev–Trinajstić information content (AvgIpc) is 3.19. The highest BCUT2D eigenvalue weighted by atomic mass is 19.3. The molecule has 0 bridgehead atoms. The molecule has 34 heavy (non-hydrogen) atoms. The van der Waals surface area contributed by atoms with E-state index >= 15 is 0 Å². The molecule has 2 unspecified atom stereocenters. The van der Waals surface area contributed by atoms with Gasteiger partial charge in [-0.1, -0.05) is 26.0 Å². The molecule has 4 rings (SSSR count). The highest BCUT2D eigenvalue weighted by Crippen LogP contribution is 2.48. The quantitative estimate of drug-likeness (QED) is 0.544. The van der Waals surface area contributed by atoms with Crippen molar-refractivity contribution in [3.05, 3.63) is 48.2 Å². The van der Waals surface area contributed by atoms with E-state index in [4.69, 9.17) is 9.47 Å². The minimum atomic E-state index is -2.57. The van der Waals surface area contributed by atoms with E-state index in [1.54, 1.807) is 12.3 Å². The van der Waals surface area contributed by atoms with E-state index in [-0.39, 0.29) is 31.0 Å². The second-order valence-corrected chi connectivity index (χ2v) is 9.73. The largest absolute Gasteiger partial charge is 0.491 e. The molecular formula is C26H33F2N3O3. The van der Waals surface area contributed by atoms with Crippen LogP contribution in [0.2, 0.25) is 0 Å². The van der Waals surface area contributed by atoms with Gasteiger partial charge < -0.3 is 19.7 Å². The number of carbonyl (C=O) groups excluding carboxylic acids is 1. The molecular weight excluding hydrogens is 440 g/mol. The Morgan fingerprint density at radius 2 is 1.88 bits per heavy atom. The summed E-state index contributed by atoms with van der Waals surface area (Å²) < 4.78 is 37.5. The molecule has 0 spiro atoms. The minimum Gasteiger partial charge on any atom is -0.491 e. The summed E-state index contributed by atoms with van der Waals surface area (Å²) >= 11 is 0. The fourth-order valence-electron chi connectivity index (χ4n) is 3.96. The number of ether oxygens (including phenoxy) is 2. The number of hydrogen-bond donors (Lipinski definition) is 1. The molecule has 1 saturated carbocycles. The lowest BCUT2D eigenvalue weighted by molar-refractivity contribution is -0.122. The summed E-state index contributed by atoms with van der Waals surface area (Å²) in [4.78, 5) is 18.9. The number of rotatable bonds is 10. The Bertz CT molecular complexity index is 966. The lowest BCUT2D eigenvalue weighted by Gasteiger charge is -2.19. The van der Waals surface area contributed by atoms with Crippen LogP contribution in [0.1, 0.15) is 45.1 Å². The van der Waals surface area contributed by atoms with Crippen LogP contribution in [0.25, 0.3) is 0 Å². The van der Waals surface area contributed by atoms with Gasteiger partial charge in [0, 0.05) is 25.9 Å². The van der Waals surface area contributed by atoms with Crippen molar-refractivity contribution in [1.82, 2.24) is 10.3 Å². The molecule has 6 nitrogen and oxygen atoms in total. The average molecular weight is 474 g/mol. The molecule has 1 N–H and O–H groups in total. The molecule has 2 heterocycles. The van der Waals surface area contributed by atoms with Gasteiger partial charge >= 0.3 is 0 Å². The summed E-state index contributed by atoms with van der Waals surface area (Å²) in [6.07, 6.45) is 2.39. The van der Waals surface area contributed by atoms with Crippen LogP contribution in [-0.4, -0.2) is 49.2 Å².